The van der Waals surface area contributed by atoms with Crippen molar-refractivity contribution in [3.63, 3.8) is 0 Å². The molecule has 12 nitrogen and oxygen atoms in total. The van der Waals surface area contributed by atoms with Crippen molar-refractivity contribution >= 4 is 22.8 Å². The molecule has 2 fully saturated rings. The number of allylic oxidation sites excluding steroid dienone is 8. The molecule has 0 radical (unpaired) electrons. The summed E-state index contributed by atoms with van der Waals surface area (Å²) in [4.78, 5) is 0. The summed E-state index contributed by atoms with van der Waals surface area (Å²) in [5.41, 5.74) is 3.74. The van der Waals surface area contributed by atoms with Gasteiger partial charge in [-0.2, -0.15) is 0 Å². The van der Waals surface area contributed by atoms with Crippen molar-refractivity contribution in [1.82, 2.24) is 0 Å². The van der Waals surface area contributed by atoms with Crippen molar-refractivity contribution in [3.05, 3.63) is 48.6 Å². The summed E-state index contributed by atoms with van der Waals surface area (Å²) in [7, 11) is -9.89. The van der Waals surface area contributed by atoms with Crippen LogP contribution in [0.1, 0.15) is 38.5 Å². The van der Waals surface area contributed by atoms with E-state index in [9.17, 15) is 0 Å². The number of piperidine rings is 2. The minimum absolute atomic E-state index is 0.598. The zero-order valence-corrected chi connectivity index (χ0v) is 21.1. The molecule has 4 aliphatic rings. The van der Waals surface area contributed by atoms with Crippen LogP contribution in [0, 0.1) is 31.3 Å². The van der Waals surface area contributed by atoms with Gasteiger partial charge < -0.3 is 10.8 Å². The fourth-order valence-electron chi connectivity index (χ4n) is 3.65. The van der Waals surface area contributed by atoms with Crippen molar-refractivity contribution in [2.45, 2.75) is 38.5 Å². The lowest BCUT2D eigenvalue weighted by Crippen LogP contribution is -2.68. The van der Waals surface area contributed by atoms with Gasteiger partial charge in [0.15, 0.2) is 11.4 Å². The molecule has 0 aromatic heterocycles. The van der Waals surface area contributed by atoms with Gasteiger partial charge in [-0.25, -0.2) is 46.4 Å². The van der Waals surface area contributed by atoms with E-state index in [-0.39, 0.29) is 0 Å². The number of rotatable bonds is 0. The monoisotopic (exact) mass is 548 g/mol. The maximum absolute atomic E-state index is 8.49. The van der Waals surface area contributed by atoms with Crippen LogP contribution >= 0.6 is 0 Å². The number of nitrogens with one attached hydrogen (secondary N) is 2. The third-order valence-corrected chi connectivity index (χ3v) is 5.18. The van der Waals surface area contributed by atoms with E-state index < -0.39 is 20.5 Å². The average molecular weight is 549 g/mol. The lowest BCUT2D eigenvalue weighted by Gasteiger charge is -2.17. The fraction of sp³-hybridized carbons (Fsp3) is 0.455. The average Bonchev–Trinajstić information content (AvgIpc) is 2.80. The third kappa shape index (κ3) is 17.3. The summed E-state index contributed by atoms with van der Waals surface area (Å²) in [6.45, 7) is 4.71. The van der Waals surface area contributed by atoms with Crippen LogP contribution in [-0.4, -0.2) is 58.2 Å². The Morgan fingerprint density at radius 1 is 0.444 bits per heavy atom. The molecule has 2 aliphatic carbocycles. The van der Waals surface area contributed by atoms with E-state index in [2.05, 4.69) is 9.15 Å². The summed E-state index contributed by atoms with van der Waals surface area (Å²) in [5, 5.41) is 14.8. The molecule has 0 unspecified atom stereocenters. The molecule has 2 heterocycles. The van der Waals surface area contributed by atoms with Gasteiger partial charge in [0.25, 0.3) is 0 Å². The highest BCUT2D eigenvalue weighted by molar-refractivity contribution is 6.16. The zero-order valence-electron chi connectivity index (χ0n) is 19.6. The van der Waals surface area contributed by atoms with E-state index in [1.165, 1.54) is 76.1 Å². The van der Waals surface area contributed by atoms with Crippen LogP contribution in [0.5, 0.6) is 0 Å². The standard InChI is InChI=1S/2C11H15N2.2ClHO4/c2*12-10-4-6-11(7-5-10)13-8-2-1-3-9-13;2*2-1(3,4)5/h2*4-7,12H,1-3,8-9H2;2*(H,2,3,4,5)/q2*+1;;/p-2. The lowest BCUT2D eigenvalue weighted by atomic mass is 10.1. The maximum Gasteiger partial charge on any atom is 0.200 e. The Bertz CT molecular complexity index is 805. The molecule has 200 valence electrons. The second-order valence-electron chi connectivity index (χ2n) is 7.95. The summed E-state index contributed by atoms with van der Waals surface area (Å²) < 4.78 is 72.8. The SMILES string of the molecule is N=C1C=CC(=[N+]2CCCCC2)C=C1.N=C1C=CC(=[N+]2CCCCC2)C=C1.[O-][Cl+3]([O-])([O-])[O-].[O-][Cl+3]([O-])([O-])[O-]. The van der Waals surface area contributed by atoms with Crippen LogP contribution in [0.2, 0.25) is 0 Å². The summed E-state index contributed by atoms with van der Waals surface area (Å²) in [6, 6.07) is 0. The number of hydrogen-bond acceptors (Lipinski definition) is 10. The van der Waals surface area contributed by atoms with Gasteiger partial charge in [0, 0.05) is 50.0 Å². The molecule has 0 aromatic carbocycles. The summed E-state index contributed by atoms with van der Waals surface area (Å²) >= 11 is 0. The quantitative estimate of drug-likeness (QED) is 0.217. The predicted octanol–water partition coefficient (Wildman–Crippen LogP) is -5.97. The third-order valence-electron chi connectivity index (χ3n) is 5.18. The molecular weight excluding hydrogens is 519 g/mol. The van der Waals surface area contributed by atoms with E-state index in [0.29, 0.717) is 11.4 Å². The van der Waals surface area contributed by atoms with Crippen molar-refractivity contribution in [2.75, 3.05) is 26.2 Å². The van der Waals surface area contributed by atoms with Gasteiger partial charge in [0.1, 0.15) is 26.2 Å². The Hall–Kier alpha value is -2.10. The first kappa shape index (κ1) is 31.9. The normalized spacial score (nSPS) is 19.7. The molecule has 2 aliphatic heterocycles. The predicted molar refractivity (Wildman–Crippen MR) is 110 cm³/mol. The number of hydrogen-bond donors (Lipinski definition) is 2. The molecule has 0 amide bonds. The van der Waals surface area contributed by atoms with Gasteiger partial charge in [-0.3, -0.25) is 0 Å². The Kier molecular flexibility index (Phi) is 14.1. The molecule has 14 heteroatoms. The van der Waals surface area contributed by atoms with Crippen molar-refractivity contribution in [1.29, 1.82) is 10.8 Å². The van der Waals surface area contributed by atoms with Crippen LogP contribution in [0.15, 0.2) is 48.6 Å². The van der Waals surface area contributed by atoms with Gasteiger partial charge in [-0.15, -0.1) is 20.5 Å². The molecule has 2 N–H and O–H groups in total. The van der Waals surface area contributed by atoms with Crippen LogP contribution in [0.3, 0.4) is 0 Å². The first-order valence-electron chi connectivity index (χ1n) is 11.1. The second kappa shape index (κ2) is 15.9. The molecular formula is C22H30Cl2N4O8. The molecule has 0 aromatic rings. The van der Waals surface area contributed by atoms with E-state index in [0.717, 1.165) is 0 Å². The Morgan fingerprint density at radius 3 is 0.889 bits per heavy atom. The Morgan fingerprint density at radius 2 is 0.667 bits per heavy atom. The van der Waals surface area contributed by atoms with Crippen molar-refractivity contribution < 1.29 is 66.9 Å². The van der Waals surface area contributed by atoms with E-state index >= 15 is 0 Å². The number of nitrogens with zero attached hydrogens (tertiary/aromatic N) is 2. The fourth-order valence-corrected chi connectivity index (χ4v) is 3.65. The topological polar surface area (TPSA) is 238 Å². The molecule has 36 heavy (non-hydrogen) atoms. The highest BCUT2D eigenvalue weighted by Gasteiger charge is 2.16. The number of halogens is 2. The summed E-state index contributed by atoms with van der Waals surface area (Å²) in [6.07, 6.45) is 23.6. The Labute approximate surface area is 213 Å². The largest absolute Gasteiger partial charge is 0.301 e. The minimum Gasteiger partial charge on any atom is -0.301 e. The van der Waals surface area contributed by atoms with E-state index in [1.54, 1.807) is 0 Å². The van der Waals surface area contributed by atoms with Gasteiger partial charge in [-0.1, -0.05) is 0 Å². The van der Waals surface area contributed by atoms with Crippen LogP contribution in [-0.2, 0) is 0 Å². The summed E-state index contributed by atoms with van der Waals surface area (Å²) in [5.74, 6) is 0. The highest BCUT2D eigenvalue weighted by Crippen LogP contribution is 2.07. The van der Waals surface area contributed by atoms with E-state index in [1.807, 2.05) is 48.6 Å². The second-order valence-corrected chi connectivity index (χ2v) is 9.46. The molecule has 0 spiro atoms. The lowest BCUT2D eigenvalue weighted by molar-refractivity contribution is -2.00. The Balaban J connectivity index is 0.000000266. The smallest absolute Gasteiger partial charge is 0.200 e. The molecule has 0 atom stereocenters. The molecule has 2 saturated heterocycles. The van der Waals surface area contributed by atoms with Gasteiger partial charge >= 0.3 is 0 Å². The van der Waals surface area contributed by atoms with E-state index in [4.69, 9.17) is 48.1 Å². The minimum atomic E-state index is -4.94. The van der Waals surface area contributed by atoms with Crippen molar-refractivity contribution in [3.8, 4) is 0 Å². The molecule has 0 bridgehead atoms. The highest BCUT2D eigenvalue weighted by atomic mass is 35.7. The van der Waals surface area contributed by atoms with Gasteiger partial charge in [-0.05, 0) is 37.1 Å². The molecule has 4 rings (SSSR count). The van der Waals surface area contributed by atoms with Gasteiger partial charge in [0.05, 0.1) is 11.4 Å². The first-order valence-corrected chi connectivity index (χ1v) is 13.6. The van der Waals surface area contributed by atoms with Crippen LogP contribution in [0.4, 0.5) is 0 Å². The van der Waals surface area contributed by atoms with Crippen LogP contribution in [0.25, 0.3) is 0 Å². The maximum atomic E-state index is 8.49. The molecule has 0 saturated carbocycles. The van der Waals surface area contributed by atoms with Crippen LogP contribution < -0.4 is 37.3 Å². The van der Waals surface area contributed by atoms with Crippen molar-refractivity contribution in [2.24, 2.45) is 0 Å². The first-order chi connectivity index (χ1) is 16.7. The van der Waals surface area contributed by atoms with Gasteiger partial charge in [0.2, 0.25) is 0 Å². The zero-order chi connectivity index (χ0) is 27.2.